The average molecular weight is 275 g/mol. The molecule has 4 heteroatoms. The summed E-state index contributed by atoms with van der Waals surface area (Å²) >= 11 is 0. The molecule has 0 spiro atoms. The van der Waals surface area contributed by atoms with E-state index >= 15 is 0 Å². The number of nitrogens with one attached hydrogen (secondary N) is 1. The number of hydrogen-bond acceptors (Lipinski definition) is 2. The van der Waals surface area contributed by atoms with E-state index in [-0.39, 0.29) is 24.4 Å². The maximum absolute atomic E-state index is 11.8. The van der Waals surface area contributed by atoms with E-state index in [1.165, 1.54) is 38.5 Å². The van der Waals surface area contributed by atoms with Crippen LogP contribution in [0.3, 0.4) is 0 Å². The molecule has 2 saturated carbocycles. The predicted octanol–water partition coefficient (Wildman–Crippen LogP) is 2.62. The minimum Gasteiger partial charge on any atom is -0.356 e. The van der Waals surface area contributed by atoms with Crippen LogP contribution in [0.5, 0.6) is 0 Å². The van der Waals surface area contributed by atoms with Crippen LogP contribution in [0.2, 0.25) is 0 Å². The highest BCUT2D eigenvalue weighted by Crippen LogP contribution is 2.28. The minimum absolute atomic E-state index is 0. The summed E-state index contributed by atoms with van der Waals surface area (Å²) in [6, 6.07) is 0.260. The molecular weight excluding hydrogens is 248 g/mol. The maximum Gasteiger partial charge on any atom is 0.220 e. The average Bonchev–Trinajstić information content (AvgIpc) is 2.92. The van der Waals surface area contributed by atoms with Gasteiger partial charge in [0.15, 0.2) is 0 Å². The quantitative estimate of drug-likeness (QED) is 0.810. The topological polar surface area (TPSA) is 55.1 Å². The molecule has 0 radical (unpaired) electrons. The molecule has 3 nitrogen and oxygen atoms in total. The first-order valence-electron chi connectivity index (χ1n) is 7.28. The summed E-state index contributed by atoms with van der Waals surface area (Å²) in [6.45, 7) is 0.867. The number of carbonyl (C=O) groups is 1. The van der Waals surface area contributed by atoms with Crippen LogP contribution in [0.4, 0.5) is 0 Å². The monoisotopic (exact) mass is 274 g/mol. The zero-order chi connectivity index (χ0) is 12.1. The van der Waals surface area contributed by atoms with Crippen molar-refractivity contribution in [1.82, 2.24) is 5.32 Å². The highest BCUT2D eigenvalue weighted by molar-refractivity contribution is 5.85. The Labute approximate surface area is 117 Å². The fourth-order valence-electron chi connectivity index (χ4n) is 3.34. The van der Waals surface area contributed by atoms with Crippen molar-refractivity contribution < 1.29 is 4.79 Å². The SMILES string of the molecule is Cl.N[C@@H]1CCC[C@H]1CC(=O)NCCC1CCCC1. The summed E-state index contributed by atoms with van der Waals surface area (Å²) in [4.78, 5) is 11.8. The van der Waals surface area contributed by atoms with Gasteiger partial charge in [0.25, 0.3) is 0 Å². The van der Waals surface area contributed by atoms with E-state index in [0.29, 0.717) is 12.3 Å². The molecule has 0 aromatic carbocycles. The summed E-state index contributed by atoms with van der Waals surface area (Å²) in [5.74, 6) is 1.51. The number of amides is 1. The van der Waals surface area contributed by atoms with Gasteiger partial charge in [-0.25, -0.2) is 0 Å². The summed E-state index contributed by atoms with van der Waals surface area (Å²) in [6.07, 6.45) is 10.7. The zero-order valence-electron chi connectivity index (χ0n) is 11.2. The second-order valence-corrected chi connectivity index (χ2v) is 5.85. The Morgan fingerprint density at radius 1 is 1.11 bits per heavy atom. The predicted molar refractivity (Wildman–Crippen MR) is 76.8 cm³/mol. The lowest BCUT2D eigenvalue weighted by molar-refractivity contribution is -0.122. The molecule has 2 aliphatic rings. The number of rotatable bonds is 5. The first kappa shape index (κ1) is 15.8. The second-order valence-electron chi connectivity index (χ2n) is 5.85. The van der Waals surface area contributed by atoms with E-state index in [9.17, 15) is 4.79 Å². The molecule has 2 aliphatic carbocycles. The Balaban J connectivity index is 0.00000162. The normalized spacial score (nSPS) is 28.1. The van der Waals surface area contributed by atoms with Crippen LogP contribution in [0.25, 0.3) is 0 Å². The van der Waals surface area contributed by atoms with Gasteiger partial charge in [0.05, 0.1) is 0 Å². The Kier molecular flexibility index (Phi) is 7.02. The van der Waals surface area contributed by atoms with Crippen LogP contribution >= 0.6 is 12.4 Å². The van der Waals surface area contributed by atoms with Crippen molar-refractivity contribution in [2.24, 2.45) is 17.6 Å². The molecule has 1 amide bonds. The van der Waals surface area contributed by atoms with Crippen LogP contribution in [0.1, 0.15) is 57.8 Å². The Morgan fingerprint density at radius 2 is 1.83 bits per heavy atom. The Hall–Kier alpha value is -0.280. The molecule has 0 bridgehead atoms. The van der Waals surface area contributed by atoms with Crippen molar-refractivity contribution in [3.05, 3.63) is 0 Å². The number of nitrogens with two attached hydrogens (primary N) is 1. The smallest absolute Gasteiger partial charge is 0.220 e. The molecular formula is C14H27ClN2O. The lowest BCUT2D eigenvalue weighted by Crippen LogP contribution is -2.32. The van der Waals surface area contributed by atoms with Crippen molar-refractivity contribution in [2.75, 3.05) is 6.54 Å². The van der Waals surface area contributed by atoms with Crippen LogP contribution in [-0.2, 0) is 4.79 Å². The summed E-state index contributed by atoms with van der Waals surface area (Å²) < 4.78 is 0. The molecule has 106 valence electrons. The molecule has 0 aromatic heterocycles. The fourth-order valence-corrected chi connectivity index (χ4v) is 3.34. The van der Waals surface area contributed by atoms with E-state index < -0.39 is 0 Å². The van der Waals surface area contributed by atoms with Crippen molar-refractivity contribution in [3.63, 3.8) is 0 Å². The van der Waals surface area contributed by atoms with Crippen LogP contribution in [-0.4, -0.2) is 18.5 Å². The molecule has 3 N–H and O–H groups in total. The van der Waals surface area contributed by atoms with Gasteiger partial charge in [-0.3, -0.25) is 4.79 Å². The molecule has 0 saturated heterocycles. The van der Waals surface area contributed by atoms with E-state index in [0.717, 1.165) is 25.3 Å². The van der Waals surface area contributed by atoms with Crippen LogP contribution < -0.4 is 11.1 Å². The molecule has 2 atom stereocenters. The van der Waals surface area contributed by atoms with E-state index in [1.54, 1.807) is 0 Å². The van der Waals surface area contributed by atoms with Gasteiger partial charge in [0.2, 0.25) is 5.91 Å². The lowest BCUT2D eigenvalue weighted by Gasteiger charge is -2.15. The van der Waals surface area contributed by atoms with Crippen LogP contribution in [0, 0.1) is 11.8 Å². The van der Waals surface area contributed by atoms with Gasteiger partial charge in [-0.15, -0.1) is 12.4 Å². The first-order chi connectivity index (χ1) is 8.25. The van der Waals surface area contributed by atoms with Gasteiger partial charge in [-0.05, 0) is 31.1 Å². The van der Waals surface area contributed by atoms with Gasteiger partial charge in [-0.1, -0.05) is 32.1 Å². The first-order valence-corrected chi connectivity index (χ1v) is 7.28. The summed E-state index contributed by atoms with van der Waals surface area (Å²) in [7, 11) is 0. The highest BCUT2D eigenvalue weighted by Gasteiger charge is 2.25. The van der Waals surface area contributed by atoms with E-state index in [2.05, 4.69) is 5.32 Å². The standard InChI is InChI=1S/C14H26N2O.ClH/c15-13-7-3-6-12(13)10-14(17)16-9-8-11-4-1-2-5-11;/h11-13H,1-10,15H2,(H,16,17);1H/t12-,13+;/m0./s1. The molecule has 0 unspecified atom stereocenters. The maximum atomic E-state index is 11.8. The van der Waals surface area contributed by atoms with Crippen LogP contribution in [0.15, 0.2) is 0 Å². The third-order valence-corrected chi connectivity index (χ3v) is 4.51. The molecule has 0 aliphatic heterocycles. The van der Waals surface area contributed by atoms with Gasteiger partial charge >= 0.3 is 0 Å². The number of hydrogen-bond donors (Lipinski definition) is 2. The fraction of sp³-hybridized carbons (Fsp3) is 0.929. The second kappa shape index (κ2) is 8.00. The van der Waals surface area contributed by atoms with Crippen molar-refractivity contribution in [2.45, 2.75) is 63.8 Å². The number of carbonyl (C=O) groups excluding carboxylic acids is 1. The Bertz CT molecular complexity index is 254. The summed E-state index contributed by atoms with van der Waals surface area (Å²) in [5.41, 5.74) is 5.98. The highest BCUT2D eigenvalue weighted by atomic mass is 35.5. The van der Waals surface area contributed by atoms with E-state index in [1.807, 2.05) is 0 Å². The summed E-state index contributed by atoms with van der Waals surface area (Å²) in [5, 5.41) is 3.06. The third kappa shape index (κ3) is 4.77. The Morgan fingerprint density at radius 3 is 2.44 bits per heavy atom. The van der Waals surface area contributed by atoms with Crippen molar-refractivity contribution >= 4 is 18.3 Å². The molecule has 18 heavy (non-hydrogen) atoms. The van der Waals surface area contributed by atoms with Gasteiger partial charge in [-0.2, -0.15) is 0 Å². The number of halogens is 1. The minimum atomic E-state index is 0. The van der Waals surface area contributed by atoms with Gasteiger partial charge in [0, 0.05) is 19.0 Å². The zero-order valence-corrected chi connectivity index (χ0v) is 12.0. The molecule has 0 heterocycles. The lowest BCUT2D eigenvalue weighted by atomic mass is 9.99. The third-order valence-electron chi connectivity index (χ3n) is 4.51. The van der Waals surface area contributed by atoms with Gasteiger partial charge in [0.1, 0.15) is 0 Å². The van der Waals surface area contributed by atoms with E-state index in [4.69, 9.17) is 5.73 Å². The molecule has 2 fully saturated rings. The molecule has 0 aromatic rings. The molecule has 2 rings (SSSR count). The van der Waals surface area contributed by atoms with Crippen molar-refractivity contribution in [1.29, 1.82) is 0 Å². The van der Waals surface area contributed by atoms with Gasteiger partial charge < -0.3 is 11.1 Å². The van der Waals surface area contributed by atoms with Crippen molar-refractivity contribution in [3.8, 4) is 0 Å². The largest absolute Gasteiger partial charge is 0.356 e.